The van der Waals surface area contributed by atoms with E-state index in [-0.39, 0.29) is 5.91 Å². The largest absolute Gasteiger partial charge is 0.270 e. The van der Waals surface area contributed by atoms with Gasteiger partial charge in [-0.3, -0.25) is 4.79 Å². The first kappa shape index (κ1) is 19.4. The van der Waals surface area contributed by atoms with E-state index in [1.165, 1.54) is 64.2 Å². The number of amides is 1. The third-order valence-corrected chi connectivity index (χ3v) is 3.47. The van der Waals surface area contributed by atoms with Crippen molar-refractivity contribution in [3.8, 4) is 0 Å². The first-order valence-corrected chi connectivity index (χ1v) is 8.58. The molecule has 0 aromatic rings. The monoisotopic (exact) mass is 285 g/mol. The zero-order valence-electron chi connectivity index (χ0n) is 14.3. The molecular weight excluding hydrogens is 248 g/mol. The summed E-state index contributed by atoms with van der Waals surface area (Å²) in [6.45, 7) is 2.26. The lowest BCUT2D eigenvalue weighted by Gasteiger charge is -2.23. The zero-order valence-corrected chi connectivity index (χ0v) is 14.3. The lowest BCUT2D eigenvalue weighted by Crippen LogP contribution is -2.51. The van der Waals surface area contributed by atoms with Crippen molar-refractivity contribution < 1.29 is 9.39 Å². The van der Waals surface area contributed by atoms with E-state index >= 15 is 0 Å². The molecule has 120 valence electrons. The summed E-state index contributed by atoms with van der Waals surface area (Å²) in [6, 6.07) is 0. The molecule has 0 spiro atoms. The van der Waals surface area contributed by atoms with Crippen LogP contribution in [0.4, 0.5) is 0 Å². The fourth-order valence-electron chi connectivity index (χ4n) is 2.38. The molecule has 1 N–H and O–H groups in total. The molecule has 3 heteroatoms. The third kappa shape index (κ3) is 15.5. The first-order valence-electron chi connectivity index (χ1n) is 8.58. The van der Waals surface area contributed by atoms with E-state index in [1.807, 2.05) is 21.1 Å². The highest BCUT2D eigenvalue weighted by Gasteiger charge is 2.11. The molecule has 1 amide bonds. The number of rotatable bonds is 13. The highest BCUT2D eigenvalue weighted by molar-refractivity contribution is 5.74. The second kappa shape index (κ2) is 12.2. The molecule has 0 rings (SSSR count). The average molecular weight is 285 g/mol. The maximum absolute atomic E-state index is 11.6. The Kier molecular flexibility index (Phi) is 11.8. The molecule has 0 aliphatic carbocycles. The zero-order chi connectivity index (χ0) is 15.3. The van der Waals surface area contributed by atoms with Gasteiger partial charge in [0.1, 0.15) is 0 Å². The molecule has 0 aliphatic heterocycles. The van der Waals surface area contributed by atoms with Gasteiger partial charge in [-0.05, 0) is 6.42 Å². The van der Waals surface area contributed by atoms with Gasteiger partial charge in [0.25, 0.3) is 5.91 Å². The van der Waals surface area contributed by atoms with Crippen LogP contribution in [0.3, 0.4) is 0 Å². The minimum absolute atomic E-state index is 0.174. The molecule has 20 heavy (non-hydrogen) atoms. The van der Waals surface area contributed by atoms with Crippen LogP contribution in [0.1, 0.15) is 84.0 Å². The normalized spacial score (nSPS) is 11.6. The Morgan fingerprint density at radius 1 is 0.750 bits per heavy atom. The summed E-state index contributed by atoms with van der Waals surface area (Å²) in [5.74, 6) is 0.174. The standard InChI is InChI=1S/C17H36N2O/c1-5-6-7-8-9-10-11-12-13-14-15-16-17(20)18-19(2,3)4/h5-16H2,1-4H3/p+1. The number of quaternary nitrogens is 1. The van der Waals surface area contributed by atoms with Gasteiger partial charge in [-0.25, -0.2) is 10.0 Å². The Balaban J connectivity index is 3.19. The first-order chi connectivity index (χ1) is 9.45. The molecule has 0 aromatic carbocycles. The molecule has 0 saturated carbocycles. The Bertz CT molecular complexity index is 234. The van der Waals surface area contributed by atoms with Crippen LogP contribution in [0.2, 0.25) is 0 Å². The van der Waals surface area contributed by atoms with Crippen LogP contribution >= 0.6 is 0 Å². The second-order valence-electron chi connectivity index (χ2n) is 6.83. The van der Waals surface area contributed by atoms with Crippen LogP contribution in [0, 0.1) is 0 Å². The van der Waals surface area contributed by atoms with Crippen molar-refractivity contribution in [1.82, 2.24) is 5.43 Å². The SMILES string of the molecule is CCCCCCCCCCCCCC(=O)N[N+](C)(C)C. The topological polar surface area (TPSA) is 29.1 Å². The molecule has 0 fully saturated rings. The highest BCUT2D eigenvalue weighted by Crippen LogP contribution is 2.11. The van der Waals surface area contributed by atoms with E-state index in [9.17, 15) is 4.79 Å². The molecule has 0 unspecified atom stereocenters. The van der Waals surface area contributed by atoms with E-state index < -0.39 is 0 Å². The van der Waals surface area contributed by atoms with Gasteiger partial charge in [0, 0.05) is 6.42 Å². The summed E-state index contributed by atoms with van der Waals surface area (Å²) < 4.78 is 0.511. The summed E-state index contributed by atoms with van der Waals surface area (Å²) in [4.78, 5) is 11.6. The molecule has 0 heterocycles. The number of nitrogens with zero attached hydrogens (tertiary/aromatic N) is 1. The van der Waals surface area contributed by atoms with Crippen molar-refractivity contribution in [1.29, 1.82) is 0 Å². The van der Waals surface area contributed by atoms with Gasteiger partial charge in [-0.15, -0.1) is 0 Å². The Morgan fingerprint density at radius 3 is 1.55 bits per heavy atom. The van der Waals surface area contributed by atoms with Crippen LogP contribution in [0.5, 0.6) is 0 Å². The predicted molar refractivity (Wildman–Crippen MR) is 87.3 cm³/mol. The quantitative estimate of drug-likeness (QED) is 0.303. The maximum atomic E-state index is 11.6. The number of hydrogen-bond donors (Lipinski definition) is 1. The molecule has 0 radical (unpaired) electrons. The van der Waals surface area contributed by atoms with Crippen LogP contribution in [-0.4, -0.2) is 31.6 Å². The molecule has 0 atom stereocenters. The molecular formula is C17H37N2O+. The number of carbonyl (C=O) groups is 1. The summed E-state index contributed by atoms with van der Waals surface area (Å²) in [5, 5.41) is 0. The molecule has 0 aromatic heterocycles. The van der Waals surface area contributed by atoms with E-state index in [0.717, 1.165) is 6.42 Å². The van der Waals surface area contributed by atoms with Crippen LogP contribution in [0.25, 0.3) is 0 Å². The predicted octanol–water partition coefficient (Wildman–Crippen LogP) is 4.42. The van der Waals surface area contributed by atoms with Crippen molar-refractivity contribution in [2.24, 2.45) is 0 Å². The third-order valence-electron chi connectivity index (χ3n) is 3.47. The number of nitrogens with one attached hydrogen (secondary N) is 1. The van der Waals surface area contributed by atoms with E-state index in [2.05, 4.69) is 12.3 Å². The van der Waals surface area contributed by atoms with E-state index in [1.54, 1.807) is 0 Å². The van der Waals surface area contributed by atoms with Gasteiger partial charge in [-0.2, -0.15) is 0 Å². The van der Waals surface area contributed by atoms with Crippen molar-refractivity contribution >= 4 is 5.91 Å². The van der Waals surface area contributed by atoms with E-state index in [0.29, 0.717) is 11.0 Å². The van der Waals surface area contributed by atoms with Crippen LogP contribution in [0.15, 0.2) is 0 Å². The van der Waals surface area contributed by atoms with E-state index in [4.69, 9.17) is 0 Å². The lowest BCUT2D eigenvalue weighted by molar-refractivity contribution is -0.906. The highest BCUT2D eigenvalue weighted by atomic mass is 16.2. The molecule has 0 saturated heterocycles. The summed E-state index contributed by atoms with van der Waals surface area (Å²) in [6.07, 6.45) is 15.3. The van der Waals surface area contributed by atoms with Gasteiger partial charge in [0.15, 0.2) is 0 Å². The maximum Gasteiger partial charge on any atom is 0.264 e. The minimum atomic E-state index is 0.174. The van der Waals surface area contributed by atoms with Crippen LogP contribution < -0.4 is 5.43 Å². The molecule has 0 bridgehead atoms. The molecule has 3 nitrogen and oxygen atoms in total. The Hall–Kier alpha value is -0.570. The van der Waals surface area contributed by atoms with Crippen molar-refractivity contribution in [3.05, 3.63) is 0 Å². The van der Waals surface area contributed by atoms with Gasteiger partial charge in [0.05, 0.1) is 21.1 Å². The van der Waals surface area contributed by atoms with Gasteiger partial charge in [0.2, 0.25) is 0 Å². The number of unbranched alkanes of at least 4 members (excludes halogenated alkanes) is 10. The second-order valence-corrected chi connectivity index (χ2v) is 6.83. The number of hydrogen-bond acceptors (Lipinski definition) is 1. The summed E-state index contributed by atoms with van der Waals surface area (Å²) in [7, 11) is 5.91. The summed E-state index contributed by atoms with van der Waals surface area (Å²) >= 11 is 0. The van der Waals surface area contributed by atoms with Gasteiger partial charge >= 0.3 is 0 Å². The fraction of sp³-hybridized carbons (Fsp3) is 0.941. The Labute approximate surface area is 126 Å². The fourth-order valence-corrected chi connectivity index (χ4v) is 2.38. The smallest absolute Gasteiger partial charge is 0.264 e. The lowest BCUT2D eigenvalue weighted by atomic mass is 10.1. The summed E-state index contributed by atoms with van der Waals surface area (Å²) in [5.41, 5.74) is 2.95. The Morgan fingerprint density at radius 2 is 1.15 bits per heavy atom. The van der Waals surface area contributed by atoms with Crippen molar-refractivity contribution in [2.45, 2.75) is 84.0 Å². The molecule has 0 aliphatic rings. The van der Waals surface area contributed by atoms with Crippen molar-refractivity contribution in [3.63, 3.8) is 0 Å². The van der Waals surface area contributed by atoms with Gasteiger partial charge < -0.3 is 0 Å². The minimum Gasteiger partial charge on any atom is -0.270 e. The average Bonchev–Trinajstić information content (AvgIpc) is 2.34. The van der Waals surface area contributed by atoms with Crippen LogP contribution in [-0.2, 0) is 4.79 Å². The van der Waals surface area contributed by atoms with Crippen molar-refractivity contribution in [2.75, 3.05) is 21.1 Å². The van der Waals surface area contributed by atoms with Gasteiger partial charge in [-0.1, -0.05) is 71.1 Å². The number of carbonyl (C=O) groups excluding carboxylic acids is 1.